The molecule has 0 saturated heterocycles. The quantitative estimate of drug-likeness (QED) is 0.600. The van der Waals surface area contributed by atoms with Gasteiger partial charge in [0.05, 0.1) is 0 Å². The predicted molar refractivity (Wildman–Crippen MR) is 112 cm³/mol. The van der Waals surface area contributed by atoms with E-state index in [1.165, 1.54) is 23.6 Å². The van der Waals surface area contributed by atoms with Gasteiger partial charge in [-0.3, -0.25) is 0 Å². The largest absolute Gasteiger partial charge is 0.236 e. The molecule has 0 aliphatic carbocycles. The van der Waals surface area contributed by atoms with Gasteiger partial charge in [0.2, 0.25) is 6.71 Å². The van der Waals surface area contributed by atoms with Gasteiger partial charge in [-0.1, -0.05) is 112 Å². The minimum absolute atomic E-state index is 0.382. The van der Waals surface area contributed by atoms with Crippen molar-refractivity contribution in [1.29, 1.82) is 0 Å². The van der Waals surface area contributed by atoms with Crippen LogP contribution in [0, 0.1) is 0 Å². The Hall–Kier alpha value is -1.69. The van der Waals surface area contributed by atoms with Crippen LogP contribution in [0.2, 0.25) is 12.6 Å². The summed E-state index contributed by atoms with van der Waals surface area (Å²) in [5, 5.41) is 0. The molecule has 2 aromatic carbocycles. The van der Waals surface area contributed by atoms with Gasteiger partial charge in [-0.05, 0) is 12.8 Å². The van der Waals surface area contributed by atoms with Crippen LogP contribution in [-0.2, 0) is 0 Å². The van der Waals surface area contributed by atoms with Crippen LogP contribution >= 0.6 is 0 Å². The van der Waals surface area contributed by atoms with E-state index in [9.17, 15) is 0 Å². The highest BCUT2D eigenvalue weighted by Gasteiger charge is 2.27. The Bertz CT molecular complexity index is 588. The van der Waals surface area contributed by atoms with Gasteiger partial charge in [-0.25, -0.2) is 0 Å². The predicted octanol–water partition coefficient (Wildman–Crippen LogP) is 5.03. The van der Waals surface area contributed by atoms with Gasteiger partial charge in [0.15, 0.2) is 6.71 Å². The van der Waals surface area contributed by atoms with E-state index in [1.807, 2.05) is 0 Å². The van der Waals surface area contributed by atoms with Gasteiger partial charge in [0.1, 0.15) is 0 Å². The molecule has 2 aromatic rings. The van der Waals surface area contributed by atoms with E-state index in [2.05, 4.69) is 88.4 Å². The molecule has 0 saturated carbocycles. The van der Waals surface area contributed by atoms with Crippen LogP contribution in [0.4, 0.5) is 0 Å². The Morgan fingerprint density at radius 3 is 1.38 bits per heavy atom. The van der Waals surface area contributed by atoms with Gasteiger partial charge in [-0.15, -0.1) is 10.9 Å². The average molecular weight is 316 g/mol. The molecule has 0 unspecified atom stereocenters. The molecule has 124 valence electrons. The molecule has 0 atom stereocenters. The first-order valence-electron chi connectivity index (χ1n) is 9.58. The molecule has 0 N–H and O–H groups in total. The van der Waals surface area contributed by atoms with Crippen molar-refractivity contribution in [3.05, 3.63) is 71.6 Å². The summed E-state index contributed by atoms with van der Waals surface area (Å²) in [4.78, 5) is 0. The first-order chi connectivity index (χ1) is 11.8. The summed E-state index contributed by atoms with van der Waals surface area (Å²) in [7, 11) is 0. The normalized spacial score (nSPS) is 11.8. The fourth-order valence-electron chi connectivity index (χ4n) is 4.06. The number of rotatable bonds is 8. The lowest BCUT2D eigenvalue weighted by Crippen LogP contribution is -2.45. The molecule has 0 radical (unpaired) electrons. The minimum atomic E-state index is 0.382. The molecule has 2 rings (SSSR count). The molecule has 0 spiro atoms. The molecule has 24 heavy (non-hydrogen) atoms. The summed E-state index contributed by atoms with van der Waals surface area (Å²) in [6.07, 6.45) is 4.75. The zero-order chi connectivity index (χ0) is 17.4. The van der Waals surface area contributed by atoms with Crippen molar-refractivity contribution in [2.75, 3.05) is 0 Å². The SMILES string of the molecule is CCB(CC)/C(CC)=C(\CC)B(c1ccccc1)c1ccccc1. The fourth-order valence-corrected chi connectivity index (χ4v) is 4.06. The topological polar surface area (TPSA) is 0 Å². The minimum Gasteiger partial charge on any atom is -0.110 e. The van der Waals surface area contributed by atoms with Crippen LogP contribution < -0.4 is 10.9 Å². The third-order valence-corrected chi connectivity index (χ3v) is 5.27. The summed E-state index contributed by atoms with van der Waals surface area (Å²) in [5.41, 5.74) is 6.14. The second kappa shape index (κ2) is 9.57. The molecule has 0 aliphatic heterocycles. The molecule has 0 bridgehead atoms. The van der Waals surface area contributed by atoms with Crippen LogP contribution in [-0.4, -0.2) is 13.4 Å². The van der Waals surface area contributed by atoms with Crippen molar-refractivity contribution in [2.45, 2.75) is 53.2 Å². The van der Waals surface area contributed by atoms with Gasteiger partial charge in [0.25, 0.3) is 0 Å². The molecule has 0 aromatic heterocycles. The smallest absolute Gasteiger partial charge is 0.110 e. The average Bonchev–Trinajstić information content (AvgIpc) is 2.66. The van der Waals surface area contributed by atoms with E-state index in [4.69, 9.17) is 0 Å². The van der Waals surface area contributed by atoms with Crippen LogP contribution in [0.1, 0.15) is 40.5 Å². The molecule has 0 nitrogen and oxygen atoms in total. The lowest BCUT2D eigenvalue weighted by Gasteiger charge is -2.25. The van der Waals surface area contributed by atoms with E-state index in [0.29, 0.717) is 13.4 Å². The molecular formula is C22H30B2. The standard InChI is InChI=1S/C22H30B2/c1-5-21(23(7-3)8-4)22(6-2)24(19-15-11-9-12-16-19)20-17-13-10-14-18-20/h9-18H,5-8H2,1-4H3/b22-21+. The monoisotopic (exact) mass is 316 g/mol. The van der Waals surface area contributed by atoms with Gasteiger partial charge in [0, 0.05) is 0 Å². The van der Waals surface area contributed by atoms with Crippen molar-refractivity contribution < 1.29 is 0 Å². The number of allylic oxidation sites excluding steroid dienone is 2. The van der Waals surface area contributed by atoms with Gasteiger partial charge in [-0.2, -0.15) is 0 Å². The van der Waals surface area contributed by atoms with E-state index in [-0.39, 0.29) is 0 Å². The Morgan fingerprint density at radius 2 is 1.04 bits per heavy atom. The van der Waals surface area contributed by atoms with Crippen LogP contribution in [0.3, 0.4) is 0 Å². The maximum atomic E-state index is 2.33. The molecule has 0 amide bonds. The van der Waals surface area contributed by atoms with E-state index in [1.54, 1.807) is 10.9 Å². The third kappa shape index (κ3) is 4.23. The Morgan fingerprint density at radius 1 is 0.625 bits per heavy atom. The van der Waals surface area contributed by atoms with E-state index >= 15 is 0 Å². The Kier molecular flexibility index (Phi) is 7.43. The second-order valence-electron chi connectivity index (χ2n) is 6.53. The fraction of sp³-hybridized carbons (Fsp3) is 0.364. The second-order valence-corrected chi connectivity index (χ2v) is 6.53. The molecule has 2 heteroatoms. The summed E-state index contributed by atoms with van der Waals surface area (Å²) >= 11 is 0. The summed E-state index contributed by atoms with van der Waals surface area (Å²) < 4.78 is 0. The lowest BCUT2D eigenvalue weighted by atomic mass is 9.29. The van der Waals surface area contributed by atoms with E-state index < -0.39 is 0 Å². The Labute approximate surface area is 149 Å². The maximum absolute atomic E-state index is 2.33. The van der Waals surface area contributed by atoms with Crippen molar-refractivity contribution in [3.8, 4) is 0 Å². The van der Waals surface area contributed by atoms with Crippen molar-refractivity contribution in [1.82, 2.24) is 0 Å². The summed E-state index contributed by atoms with van der Waals surface area (Å²) in [5.74, 6) is 0. The van der Waals surface area contributed by atoms with Crippen molar-refractivity contribution in [3.63, 3.8) is 0 Å². The first kappa shape index (κ1) is 18.6. The molecule has 0 fully saturated rings. The van der Waals surface area contributed by atoms with Crippen LogP contribution in [0.15, 0.2) is 71.6 Å². The van der Waals surface area contributed by atoms with Gasteiger partial charge >= 0.3 is 0 Å². The Balaban J connectivity index is 2.64. The maximum Gasteiger partial charge on any atom is 0.236 e. The number of benzene rings is 2. The molecule has 0 heterocycles. The zero-order valence-corrected chi connectivity index (χ0v) is 15.8. The molecular weight excluding hydrogens is 286 g/mol. The lowest BCUT2D eigenvalue weighted by molar-refractivity contribution is 1.08. The number of hydrogen-bond donors (Lipinski definition) is 0. The first-order valence-corrected chi connectivity index (χ1v) is 9.58. The van der Waals surface area contributed by atoms with Crippen molar-refractivity contribution >= 4 is 24.4 Å². The van der Waals surface area contributed by atoms with Crippen molar-refractivity contribution in [2.24, 2.45) is 0 Å². The van der Waals surface area contributed by atoms with Crippen LogP contribution in [0.25, 0.3) is 0 Å². The van der Waals surface area contributed by atoms with E-state index in [0.717, 1.165) is 12.8 Å². The highest BCUT2D eigenvalue weighted by Crippen LogP contribution is 2.22. The van der Waals surface area contributed by atoms with Crippen LogP contribution in [0.5, 0.6) is 0 Å². The summed E-state index contributed by atoms with van der Waals surface area (Å²) in [6.45, 7) is 10.4. The number of hydrogen-bond acceptors (Lipinski definition) is 0. The third-order valence-electron chi connectivity index (χ3n) is 5.27. The highest BCUT2D eigenvalue weighted by atomic mass is 14.0. The summed E-state index contributed by atoms with van der Waals surface area (Å²) in [6, 6.07) is 22.0. The van der Waals surface area contributed by atoms with Gasteiger partial charge < -0.3 is 0 Å². The highest BCUT2D eigenvalue weighted by molar-refractivity contribution is 6.92. The molecule has 0 aliphatic rings. The zero-order valence-electron chi connectivity index (χ0n) is 15.8.